The smallest absolute Gasteiger partial charge is 0.224 e. The molecule has 0 spiro atoms. The van der Waals surface area contributed by atoms with E-state index in [-0.39, 0.29) is 16.8 Å². The monoisotopic (exact) mass is 445 g/mol. The maximum absolute atomic E-state index is 5.84. The molecule has 33 heavy (non-hydrogen) atoms. The molecule has 2 aromatic rings. The van der Waals surface area contributed by atoms with Crippen LogP contribution in [0.5, 0.6) is 0 Å². The Hall–Kier alpha value is -3.48. The number of benzene rings is 1. The first kappa shape index (κ1) is 24.2. The van der Waals surface area contributed by atoms with E-state index in [2.05, 4.69) is 103 Å². The standard InChI is InChI=1S/C26H35N7/c1-25(2,3)20-11-7-18(8-12-20)16-28-32-22-15-23(31-24(27)30-22)33-29-17-19-9-13-21(14-10-19)26(4,5)6/h7-13,15-17,21H,14H2,1-6H3,(H4,27,30,31,32,33)/b28-16+,29-17+. The Morgan fingerprint density at radius 1 is 0.939 bits per heavy atom. The fourth-order valence-corrected chi connectivity index (χ4v) is 3.37. The summed E-state index contributed by atoms with van der Waals surface area (Å²) in [6, 6.07) is 10.0. The molecule has 0 saturated carbocycles. The zero-order valence-electron chi connectivity index (χ0n) is 20.4. The third-order valence-electron chi connectivity index (χ3n) is 5.55. The minimum atomic E-state index is 0.122. The topological polar surface area (TPSA) is 101 Å². The number of nitrogens with one attached hydrogen (secondary N) is 2. The highest BCUT2D eigenvalue weighted by atomic mass is 15.3. The van der Waals surface area contributed by atoms with Crippen LogP contribution in [-0.4, -0.2) is 22.4 Å². The van der Waals surface area contributed by atoms with Crippen LogP contribution >= 0.6 is 0 Å². The third kappa shape index (κ3) is 7.27. The van der Waals surface area contributed by atoms with Gasteiger partial charge in [0, 0.05) is 6.07 Å². The molecule has 1 heterocycles. The van der Waals surface area contributed by atoms with Gasteiger partial charge >= 0.3 is 0 Å². The number of allylic oxidation sites excluding steroid dienone is 4. The van der Waals surface area contributed by atoms with E-state index >= 15 is 0 Å². The van der Waals surface area contributed by atoms with Crippen LogP contribution in [0.25, 0.3) is 0 Å². The molecule has 0 bridgehead atoms. The van der Waals surface area contributed by atoms with E-state index < -0.39 is 0 Å². The van der Waals surface area contributed by atoms with E-state index in [0.717, 1.165) is 17.6 Å². The number of aromatic nitrogens is 2. The molecule has 4 N–H and O–H groups in total. The molecule has 0 fully saturated rings. The van der Waals surface area contributed by atoms with Crippen LogP contribution in [0, 0.1) is 11.3 Å². The average Bonchev–Trinajstić information content (AvgIpc) is 2.73. The molecule has 0 radical (unpaired) electrons. The first-order valence-electron chi connectivity index (χ1n) is 11.2. The highest BCUT2D eigenvalue weighted by molar-refractivity contribution is 5.83. The lowest BCUT2D eigenvalue weighted by molar-refractivity contribution is 0.293. The van der Waals surface area contributed by atoms with Crippen LogP contribution in [-0.2, 0) is 5.41 Å². The maximum atomic E-state index is 5.84. The van der Waals surface area contributed by atoms with Gasteiger partial charge in [-0.15, -0.1) is 0 Å². The molecular weight excluding hydrogens is 410 g/mol. The third-order valence-corrected chi connectivity index (χ3v) is 5.55. The molecule has 1 atom stereocenters. The Balaban J connectivity index is 1.57. The van der Waals surface area contributed by atoms with Crippen molar-refractivity contribution >= 4 is 30.0 Å². The van der Waals surface area contributed by atoms with E-state index in [1.165, 1.54) is 5.56 Å². The van der Waals surface area contributed by atoms with Gasteiger partial charge < -0.3 is 5.73 Å². The lowest BCUT2D eigenvalue weighted by Crippen LogP contribution is -2.19. The number of nitrogens with zero attached hydrogens (tertiary/aromatic N) is 4. The average molecular weight is 446 g/mol. The summed E-state index contributed by atoms with van der Waals surface area (Å²) in [5.74, 6) is 1.63. The number of hydrogen-bond acceptors (Lipinski definition) is 7. The maximum Gasteiger partial charge on any atom is 0.224 e. The van der Waals surface area contributed by atoms with Gasteiger partial charge in [0.25, 0.3) is 0 Å². The van der Waals surface area contributed by atoms with Crippen molar-refractivity contribution in [3.63, 3.8) is 0 Å². The van der Waals surface area contributed by atoms with Gasteiger partial charge in [-0.25, -0.2) is 0 Å². The van der Waals surface area contributed by atoms with E-state index in [0.29, 0.717) is 17.6 Å². The molecule has 1 aliphatic carbocycles. The molecule has 0 aliphatic heterocycles. The first-order chi connectivity index (χ1) is 15.5. The summed E-state index contributed by atoms with van der Waals surface area (Å²) < 4.78 is 0. The van der Waals surface area contributed by atoms with Gasteiger partial charge in [0.05, 0.1) is 12.4 Å². The minimum Gasteiger partial charge on any atom is -0.368 e. The van der Waals surface area contributed by atoms with Crippen LogP contribution in [0.3, 0.4) is 0 Å². The summed E-state index contributed by atoms with van der Waals surface area (Å²) in [7, 11) is 0. The van der Waals surface area contributed by atoms with Gasteiger partial charge in [-0.05, 0) is 39.9 Å². The number of hydrazone groups is 2. The SMILES string of the molecule is CC(C)(C)c1ccc(/C=N/Nc2cc(N/N=C/C3=CCC(C(C)(C)C)C=C3)nc(N)n2)cc1. The zero-order valence-corrected chi connectivity index (χ0v) is 20.4. The largest absolute Gasteiger partial charge is 0.368 e. The summed E-state index contributed by atoms with van der Waals surface area (Å²) >= 11 is 0. The Labute approximate surface area is 197 Å². The van der Waals surface area contributed by atoms with Crippen molar-refractivity contribution in [2.24, 2.45) is 21.5 Å². The van der Waals surface area contributed by atoms with Gasteiger partial charge in [0.2, 0.25) is 5.95 Å². The second-order valence-corrected chi connectivity index (χ2v) is 10.4. The molecule has 0 saturated heterocycles. The molecule has 0 amide bonds. The van der Waals surface area contributed by atoms with Crippen molar-refractivity contribution in [3.8, 4) is 0 Å². The quantitative estimate of drug-likeness (QED) is 0.388. The predicted octanol–water partition coefficient (Wildman–Crippen LogP) is 5.75. The van der Waals surface area contributed by atoms with Crippen molar-refractivity contribution in [1.82, 2.24) is 9.97 Å². The molecule has 1 aromatic carbocycles. The van der Waals surface area contributed by atoms with Crippen LogP contribution in [0.15, 0.2) is 64.3 Å². The minimum absolute atomic E-state index is 0.122. The van der Waals surface area contributed by atoms with Gasteiger partial charge in [-0.2, -0.15) is 20.2 Å². The number of nitrogen functional groups attached to an aromatic ring is 1. The van der Waals surface area contributed by atoms with Crippen LogP contribution in [0.1, 0.15) is 59.1 Å². The highest BCUT2D eigenvalue weighted by Gasteiger charge is 2.22. The lowest BCUT2D eigenvalue weighted by Gasteiger charge is -2.29. The zero-order chi connectivity index (χ0) is 24.1. The summed E-state index contributed by atoms with van der Waals surface area (Å²) in [6.07, 6.45) is 11.1. The number of hydrogen-bond donors (Lipinski definition) is 3. The van der Waals surface area contributed by atoms with Gasteiger partial charge in [0.1, 0.15) is 0 Å². The van der Waals surface area contributed by atoms with Gasteiger partial charge in [0.15, 0.2) is 11.6 Å². The van der Waals surface area contributed by atoms with E-state index in [4.69, 9.17) is 5.73 Å². The van der Waals surface area contributed by atoms with Crippen LogP contribution < -0.4 is 16.6 Å². The summed E-state index contributed by atoms with van der Waals surface area (Å²) in [5.41, 5.74) is 15.4. The van der Waals surface area contributed by atoms with E-state index in [9.17, 15) is 0 Å². The van der Waals surface area contributed by atoms with Gasteiger partial charge in [-0.3, -0.25) is 10.9 Å². The van der Waals surface area contributed by atoms with Gasteiger partial charge in [-0.1, -0.05) is 84.0 Å². The van der Waals surface area contributed by atoms with Crippen LogP contribution in [0.4, 0.5) is 17.6 Å². The second-order valence-electron chi connectivity index (χ2n) is 10.4. The van der Waals surface area contributed by atoms with Crippen molar-refractivity contribution in [3.05, 3.63) is 65.3 Å². The Bertz CT molecular complexity index is 1070. The summed E-state index contributed by atoms with van der Waals surface area (Å²) in [5, 5.41) is 8.55. The summed E-state index contributed by atoms with van der Waals surface area (Å²) in [4.78, 5) is 8.34. The molecule has 1 aromatic heterocycles. The molecule has 7 nitrogen and oxygen atoms in total. The molecule has 1 unspecified atom stereocenters. The normalized spacial score (nSPS) is 16.9. The Morgan fingerprint density at radius 2 is 1.55 bits per heavy atom. The van der Waals surface area contributed by atoms with Crippen LogP contribution in [0.2, 0.25) is 0 Å². The van der Waals surface area contributed by atoms with Crippen molar-refractivity contribution in [2.75, 3.05) is 16.6 Å². The first-order valence-corrected chi connectivity index (χ1v) is 11.2. The number of anilines is 3. The fraction of sp³-hybridized carbons (Fsp3) is 0.385. The predicted molar refractivity (Wildman–Crippen MR) is 140 cm³/mol. The van der Waals surface area contributed by atoms with E-state index in [1.807, 2.05) is 12.1 Å². The second kappa shape index (κ2) is 9.98. The highest BCUT2D eigenvalue weighted by Crippen LogP contribution is 2.32. The summed E-state index contributed by atoms with van der Waals surface area (Å²) in [6.45, 7) is 13.4. The molecule has 7 heteroatoms. The Kier molecular flexibility index (Phi) is 7.31. The van der Waals surface area contributed by atoms with E-state index in [1.54, 1.807) is 18.5 Å². The van der Waals surface area contributed by atoms with Crippen molar-refractivity contribution in [1.29, 1.82) is 0 Å². The number of rotatable bonds is 6. The molecular formula is C26H35N7. The number of nitrogens with two attached hydrogens (primary N) is 1. The molecule has 174 valence electrons. The lowest BCUT2D eigenvalue weighted by atomic mass is 9.76. The molecule has 3 rings (SSSR count). The Morgan fingerprint density at radius 3 is 2.06 bits per heavy atom. The fourth-order valence-electron chi connectivity index (χ4n) is 3.37. The van der Waals surface area contributed by atoms with Crippen molar-refractivity contribution < 1.29 is 0 Å². The molecule has 1 aliphatic rings. The van der Waals surface area contributed by atoms with Crippen molar-refractivity contribution in [2.45, 2.75) is 53.4 Å².